The number of rotatable bonds is 3. The molecule has 5 fully saturated rings. The highest BCUT2D eigenvalue weighted by Crippen LogP contribution is 2.65. The summed E-state index contributed by atoms with van der Waals surface area (Å²) >= 11 is 0. The first-order valence-corrected chi connectivity index (χ1v) is 8.53. The van der Waals surface area contributed by atoms with Crippen molar-refractivity contribution in [3.05, 3.63) is 0 Å². The van der Waals surface area contributed by atoms with Gasteiger partial charge in [0.1, 0.15) is 0 Å². The Balaban J connectivity index is 1.56. The topological polar surface area (TPSA) is 21.3 Å². The summed E-state index contributed by atoms with van der Waals surface area (Å²) in [6.07, 6.45) is 10.5. The number of nitrogens with one attached hydrogen (secondary N) is 1. The zero-order valence-corrected chi connectivity index (χ0v) is 12.4. The van der Waals surface area contributed by atoms with Crippen LogP contribution in [0, 0.1) is 35.0 Å². The smallest absolute Gasteiger partial charge is 0.0468 e. The van der Waals surface area contributed by atoms with E-state index in [1.165, 1.54) is 19.4 Å². The molecule has 0 aromatic heterocycles. The van der Waals surface area contributed by atoms with Gasteiger partial charge in [0.25, 0.3) is 0 Å². The van der Waals surface area contributed by atoms with Crippen LogP contribution in [0.1, 0.15) is 44.9 Å². The molecule has 0 spiro atoms. The average Bonchev–Trinajstić information content (AvgIpc) is 2.43. The molecule has 19 heavy (non-hydrogen) atoms. The van der Waals surface area contributed by atoms with Gasteiger partial charge in [0.05, 0.1) is 0 Å². The lowest BCUT2D eigenvalue weighted by Crippen LogP contribution is -2.56. The molecule has 2 nitrogen and oxygen atoms in total. The van der Waals surface area contributed by atoms with Crippen LogP contribution in [0.2, 0.25) is 0 Å². The highest BCUT2D eigenvalue weighted by atomic mass is 16.5. The van der Waals surface area contributed by atoms with Crippen LogP contribution in [-0.2, 0) is 4.74 Å². The maximum absolute atomic E-state index is 5.61. The molecule has 5 aliphatic rings. The minimum absolute atomic E-state index is 0.741. The van der Waals surface area contributed by atoms with Crippen LogP contribution >= 0.6 is 0 Å². The fourth-order valence-corrected chi connectivity index (χ4v) is 6.57. The average molecular weight is 263 g/mol. The summed E-state index contributed by atoms with van der Waals surface area (Å²) in [6, 6.07) is 0. The molecule has 1 saturated heterocycles. The van der Waals surface area contributed by atoms with E-state index in [9.17, 15) is 0 Å². The molecule has 0 aromatic carbocycles. The molecular weight excluding hydrogens is 234 g/mol. The van der Waals surface area contributed by atoms with Gasteiger partial charge in [0.15, 0.2) is 0 Å². The Kier molecular flexibility index (Phi) is 3.15. The highest BCUT2D eigenvalue weighted by molar-refractivity contribution is 5.07. The summed E-state index contributed by atoms with van der Waals surface area (Å²) in [4.78, 5) is 0. The van der Waals surface area contributed by atoms with E-state index in [2.05, 4.69) is 12.4 Å². The molecule has 0 amide bonds. The third kappa shape index (κ3) is 1.98. The molecule has 2 atom stereocenters. The van der Waals surface area contributed by atoms with Gasteiger partial charge >= 0.3 is 0 Å². The predicted molar refractivity (Wildman–Crippen MR) is 76.9 cm³/mol. The van der Waals surface area contributed by atoms with E-state index in [1.54, 1.807) is 32.1 Å². The summed E-state index contributed by atoms with van der Waals surface area (Å²) in [5, 5.41) is 3.47. The molecule has 2 heteroatoms. The summed E-state index contributed by atoms with van der Waals surface area (Å²) in [7, 11) is 2.14. The van der Waals surface area contributed by atoms with Crippen molar-refractivity contribution in [2.75, 3.05) is 26.8 Å². The van der Waals surface area contributed by atoms with Crippen molar-refractivity contribution in [2.45, 2.75) is 44.9 Å². The van der Waals surface area contributed by atoms with Crippen LogP contribution in [-0.4, -0.2) is 26.8 Å². The molecule has 5 rings (SSSR count). The van der Waals surface area contributed by atoms with Crippen molar-refractivity contribution in [1.29, 1.82) is 0 Å². The molecule has 1 aliphatic heterocycles. The molecular formula is C17H29NO. The van der Waals surface area contributed by atoms with Crippen LogP contribution in [0.5, 0.6) is 0 Å². The molecule has 4 bridgehead atoms. The first kappa shape index (κ1) is 12.6. The third-order valence-corrected chi connectivity index (χ3v) is 7.04. The van der Waals surface area contributed by atoms with Crippen molar-refractivity contribution in [3.8, 4) is 0 Å². The number of ether oxygens (including phenoxy) is 1. The normalized spacial score (nSPS) is 49.7. The van der Waals surface area contributed by atoms with E-state index in [-0.39, 0.29) is 0 Å². The zero-order valence-electron chi connectivity index (χ0n) is 12.4. The standard InChI is InChI=1S/C17H29NO/c1-18-11-16-13-6-12-7-14(16)10-17(8-12,9-13)15-2-4-19-5-3-15/h12-16,18H,2-11H2,1H3. The van der Waals surface area contributed by atoms with E-state index in [0.717, 1.165) is 48.2 Å². The summed E-state index contributed by atoms with van der Waals surface area (Å²) in [5.74, 6) is 5.15. The second-order valence-electron chi connectivity index (χ2n) is 7.94. The lowest BCUT2D eigenvalue weighted by molar-refractivity contribution is -0.138. The molecule has 0 radical (unpaired) electrons. The molecule has 2 unspecified atom stereocenters. The van der Waals surface area contributed by atoms with Crippen LogP contribution in [0.4, 0.5) is 0 Å². The van der Waals surface area contributed by atoms with E-state index in [4.69, 9.17) is 4.74 Å². The second kappa shape index (κ2) is 4.73. The Morgan fingerprint density at radius 3 is 2.37 bits per heavy atom. The lowest BCUT2D eigenvalue weighted by atomic mass is 9.43. The Labute approximate surface area is 117 Å². The largest absolute Gasteiger partial charge is 0.381 e. The van der Waals surface area contributed by atoms with Crippen LogP contribution in [0.25, 0.3) is 0 Å². The monoisotopic (exact) mass is 263 g/mol. The van der Waals surface area contributed by atoms with E-state index >= 15 is 0 Å². The van der Waals surface area contributed by atoms with Gasteiger partial charge < -0.3 is 10.1 Å². The van der Waals surface area contributed by atoms with Gasteiger partial charge in [0.2, 0.25) is 0 Å². The van der Waals surface area contributed by atoms with E-state index in [1.807, 2.05) is 0 Å². The van der Waals surface area contributed by atoms with Crippen LogP contribution in [0.3, 0.4) is 0 Å². The van der Waals surface area contributed by atoms with Crippen LogP contribution < -0.4 is 5.32 Å². The molecule has 0 aromatic rings. The Hall–Kier alpha value is -0.0800. The van der Waals surface area contributed by atoms with Gasteiger partial charge in [-0.15, -0.1) is 0 Å². The SMILES string of the molecule is CNCC1C2CC3CC1CC(C1CCOCC1)(C3)C2. The lowest BCUT2D eigenvalue weighted by Gasteiger charge is -2.63. The van der Waals surface area contributed by atoms with Crippen molar-refractivity contribution in [1.82, 2.24) is 5.32 Å². The summed E-state index contributed by atoms with van der Waals surface area (Å²) < 4.78 is 5.61. The quantitative estimate of drug-likeness (QED) is 0.845. The van der Waals surface area contributed by atoms with E-state index in [0.29, 0.717) is 0 Å². The summed E-state index contributed by atoms with van der Waals surface area (Å²) in [6.45, 7) is 3.34. The Morgan fingerprint density at radius 2 is 1.74 bits per heavy atom. The zero-order chi connectivity index (χ0) is 12.9. The molecule has 4 saturated carbocycles. The van der Waals surface area contributed by atoms with Gasteiger partial charge in [-0.3, -0.25) is 0 Å². The van der Waals surface area contributed by atoms with Gasteiger partial charge in [-0.05, 0) is 93.5 Å². The molecule has 1 heterocycles. The van der Waals surface area contributed by atoms with Crippen molar-refractivity contribution < 1.29 is 4.74 Å². The maximum atomic E-state index is 5.61. The van der Waals surface area contributed by atoms with Gasteiger partial charge in [-0.1, -0.05) is 0 Å². The van der Waals surface area contributed by atoms with Gasteiger partial charge in [-0.2, -0.15) is 0 Å². The summed E-state index contributed by atoms with van der Waals surface area (Å²) in [5.41, 5.74) is 0.741. The Bertz CT molecular complexity index is 320. The minimum atomic E-state index is 0.741. The van der Waals surface area contributed by atoms with Crippen molar-refractivity contribution in [2.24, 2.45) is 35.0 Å². The first-order valence-electron chi connectivity index (χ1n) is 8.53. The predicted octanol–water partition coefficient (Wildman–Crippen LogP) is 3.07. The number of hydrogen-bond donors (Lipinski definition) is 1. The second-order valence-corrected chi connectivity index (χ2v) is 7.94. The highest BCUT2D eigenvalue weighted by Gasteiger charge is 2.57. The molecule has 108 valence electrons. The number of hydrogen-bond acceptors (Lipinski definition) is 2. The molecule has 1 N–H and O–H groups in total. The fourth-order valence-electron chi connectivity index (χ4n) is 6.57. The van der Waals surface area contributed by atoms with E-state index < -0.39 is 0 Å². The van der Waals surface area contributed by atoms with Crippen LogP contribution in [0.15, 0.2) is 0 Å². The fraction of sp³-hybridized carbons (Fsp3) is 1.00. The molecule has 4 aliphatic carbocycles. The maximum Gasteiger partial charge on any atom is 0.0468 e. The van der Waals surface area contributed by atoms with Gasteiger partial charge in [-0.25, -0.2) is 0 Å². The van der Waals surface area contributed by atoms with Crippen molar-refractivity contribution in [3.63, 3.8) is 0 Å². The van der Waals surface area contributed by atoms with Crippen molar-refractivity contribution >= 4 is 0 Å². The third-order valence-electron chi connectivity index (χ3n) is 7.04. The Morgan fingerprint density at radius 1 is 1.05 bits per heavy atom. The first-order chi connectivity index (χ1) is 9.31. The van der Waals surface area contributed by atoms with Gasteiger partial charge in [0, 0.05) is 13.2 Å². The minimum Gasteiger partial charge on any atom is -0.381 e.